The minimum absolute atomic E-state index is 0.859. The van der Waals surface area contributed by atoms with E-state index in [4.69, 9.17) is 0 Å². The van der Waals surface area contributed by atoms with Crippen molar-refractivity contribution in [2.45, 2.75) is 20.4 Å². The normalized spacial score (nSPS) is 10.7. The van der Waals surface area contributed by atoms with Gasteiger partial charge in [0.15, 0.2) is 0 Å². The van der Waals surface area contributed by atoms with Crippen LogP contribution in [0.5, 0.6) is 0 Å². The zero-order valence-electron chi connectivity index (χ0n) is 9.99. The number of aromatic nitrogens is 2. The molecule has 1 aromatic carbocycles. The van der Waals surface area contributed by atoms with Crippen molar-refractivity contribution in [1.29, 1.82) is 0 Å². The van der Waals surface area contributed by atoms with Crippen LogP contribution in [0.3, 0.4) is 0 Å². The Balaban J connectivity index is 2.41. The Labute approximate surface area is 96.1 Å². The second kappa shape index (κ2) is 4.49. The zero-order valence-corrected chi connectivity index (χ0v) is 9.99. The molecule has 16 heavy (non-hydrogen) atoms. The van der Waals surface area contributed by atoms with Gasteiger partial charge in [-0.2, -0.15) is 5.10 Å². The molecule has 0 radical (unpaired) electrons. The largest absolute Gasteiger partial charge is 0.316 e. The average Bonchev–Trinajstić information content (AvgIpc) is 2.61. The quantitative estimate of drug-likeness (QED) is 0.850. The molecule has 1 aromatic heterocycles. The fraction of sp³-hybridized carbons (Fsp3) is 0.308. The van der Waals surface area contributed by atoms with E-state index in [0.29, 0.717) is 0 Å². The van der Waals surface area contributed by atoms with Crippen molar-refractivity contribution in [2.24, 2.45) is 0 Å². The number of aryl methyl sites for hydroxylation is 1. The highest BCUT2D eigenvalue weighted by molar-refractivity contribution is 5.37. The standard InChI is InChI=1S/C13H17N3/c1-10-5-4-6-13(7-10)16-11(2)12(8-14-3)9-15-16/h4-7,9,14H,8H2,1-3H3. The van der Waals surface area contributed by atoms with Crippen molar-refractivity contribution in [3.63, 3.8) is 0 Å². The predicted octanol–water partition coefficient (Wildman–Crippen LogP) is 2.21. The number of hydrogen-bond donors (Lipinski definition) is 1. The lowest BCUT2D eigenvalue weighted by Crippen LogP contribution is -2.06. The second-order valence-corrected chi connectivity index (χ2v) is 4.04. The van der Waals surface area contributed by atoms with Gasteiger partial charge in [0.05, 0.1) is 11.9 Å². The molecule has 3 nitrogen and oxygen atoms in total. The van der Waals surface area contributed by atoms with E-state index in [0.717, 1.165) is 12.2 Å². The van der Waals surface area contributed by atoms with E-state index in [1.54, 1.807) is 0 Å². The van der Waals surface area contributed by atoms with Gasteiger partial charge in [-0.25, -0.2) is 4.68 Å². The molecule has 0 atom stereocenters. The highest BCUT2D eigenvalue weighted by atomic mass is 15.3. The van der Waals surface area contributed by atoms with Gasteiger partial charge in [0, 0.05) is 17.8 Å². The SMILES string of the molecule is CNCc1cnn(-c2cccc(C)c2)c1C. The van der Waals surface area contributed by atoms with Crippen molar-refractivity contribution in [3.05, 3.63) is 47.3 Å². The number of benzene rings is 1. The molecule has 0 bridgehead atoms. The monoisotopic (exact) mass is 215 g/mol. The van der Waals surface area contributed by atoms with Crippen molar-refractivity contribution in [1.82, 2.24) is 15.1 Å². The van der Waals surface area contributed by atoms with Crippen molar-refractivity contribution in [3.8, 4) is 5.69 Å². The summed E-state index contributed by atoms with van der Waals surface area (Å²) >= 11 is 0. The fourth-order valence-corrected chi connectivity index (χ4v) is 1.83. The molecule has 0 spiro atoms. The Kier molecular flexibility index (Phi) is 3.06. The first kappa shape index (κ1) is 10.9. The molecule has 2 aromatic rings. The van der Waals surface area contributed by atoms with Crippen LogP contribution in [-0.2, 0) is 6.54 Å². The average molecular weight is 215 g/mol. The summed E-state index contributed by atoms with van der Waals surface area (Å²) in [5.74, 6) is 0. The van der Waals surface area contributed by atoms with Gasteiger partial charge in [-0.1, -0.05) is 12.1 Å². The highest BCUT2D eigenvalue weighted by Crippen LogP contribution is 2.14. The van der Waals surface area contributed by atoms with Crippen LogP contribution in [0.4, 0.5) is 0 Å². The van der Waals surface area contributed by atoms with E-state index in [-0.39, 0.29) is 0 Å². The minimum atomic E-state index is 0.859. The van der Waals surface area contributed by atoms with Gasteiger partial charge in [-0.3, -0.25) is 0 Å². The van der Waals surface area contributed by atoms with Crippen LogP contribution in [0.1, 0.15) is 16.8 Å². The van der Waals surface area contributed by atoms with Gasteiger partial charge in [0.2, 0.25) is 0 Å². The van der Waals surface area contributed by atoms with Gasteiger partial charge < -0.3 is 5.32 Å². The molecule has 0 saturated heterocycles. The van der Waals surface area contributed by atoms with E-state index in [2.05, 4.69) is 48.5 Å². The Morgan fingerprint density at radius 2 is 2.12 bits per heavy atom. The molecule has 3 heteroatoms. The second-order valence-electron chi connectivity index (χ2n) is 4.04. The topological polar surface area (TPSA) is 29.9 Å². The maximum atomic E-state index is 4.42. The molecule has 2 rings (SSSR count). The summed E-state index contributed by atoms with van der Waals surface area (Å²) in [5.41, 5.74) is 4.81. The van der Waals surface area contributed by atoms with Gasteiger partial charge in [0.25, 0.3) is 0 Å². The van der Waals surface area contributed by atoms with E-state index >= 15 is 0 Å². The third-order valence-corrected chi connectivity index (χ3v) is 2.72. The lowest BCUT2D eigenvalue weighted by Gasteiger charge is -2.06. The molecule has 0 amide bonds. The van der Waals surface area contributed by atoms with Gasteiger partial charge >= 0.3 is 0 Å². The van der Waals surface area contributed by atoms with E-state index in [9.17, 15) is 0 Å². The van der Waals surface area contributed by atoms with Crippen LogP contribution < -0.4 is 5.32 Å². The molecule has 84 valence electrons. The molecule has 1 heterocycles. The van der Waals surface area contributed by atoms with Crippen LogP contribution >= 0.6 is 0 Å². The fourth-order valence-electron chi connectivity index (χ4n) is 1.83. The first-order valence-corrected chi connectivity index (χ1v) is 5.47. The Morgan fingerprint density at radius 1 is 1.31 bits per heavy atom. The van der Waals surface area contributed by atoms with Gasteiger partial charge in [0.1, 0.15) is 0 Å². The maximum Gasteiger partial charge on any atom is 0.0651 e. The summed E-state index contributed by atoms with van der Waals surface area (Å²) in [6.07, 6.45) is 1.92. The Morgan fingerprint density at radius 3 is 2.81 bits per heavy atom. The highest BCUT2D eigenvalue weighted by Gasteiger charge is 2.06. The van der Waals surface area contributed by atoms with Crippen molar-refractivity contribution >= 4 is 0 Å². The first-order chi connectivity index (χ1) is 7.72. The van der Waals surface area contributed by atoms with Crippen molar-refractivity contribution in [2.75, 3.05) is 7.05 Å². The molecule has 0 fully saturated rings. The van der Waals surface area contributed by atoms with Crippen LogP contribution in [0, 0.1) is 13.8 Å². The zero-order chi connectivity index (χ0) is 11.5. The van der Waals surface area contributed by atoms with Crippen LogP contribution in [0.25, 0.3) is 5.69 Å². The Bertz CT molecular complexity index is 486. The van der Waals surface area contributed by atoms with E-state index in [1.165, 1.54) is 16.8 Å². The van der Waals surface area contributed by atoms with Crippen LogP contribution in [0.2, 0.25) is 0 Å². The summed E-state index contributed by atoms with van der Waals surface area (Å²) in [4.78, 5) is 0. The maximum absolute atomic E-state index is 4.42. The molecule has 0 aliphatic carbocycles. The first-order valence-electron chi connectivity index (χ1n) is 5.47. The van der Waals surface area contributed by atoms with Crippen molar-refractivity contribution < 1.29 is 0 Å². The summed E-state index contributed by atoms with van der Waals surface area (Å²) in [7, 11) is 1.95. The molecule has 0 aliphatic heterocycles. The number of hydrogen-bond acceptors (Lipinski definition) is 2. The summed E-state index contributed by atoms with van der Waals surface area (Å²) in [5, 5.41) is 7.57. The minimum Gasteiger partial charge on any atom is -0.316 e. The van der Waals surface area contributed by atoms with Crippen LogP contribution in [-0.4, -0.2) is 16.8 Å². The molecule has 0 unspecified atom stereocenters. The number of nitrogens with one attached hydrogen (secondary N) is 1. The number of nitrogens with zero attached hydrogens (tertiary/aromatic N) is 2. The summed E-state index contributed by atoms with van der Waals surface area (Å²) < 4.78 is 1.99. The summed E-state index contributed by atoms with van der Waals surface area (Å²) in [6.45, 7) is 5.05. The molecule has 1 N–H and O–H groups in total. The number of rotatable bonds is 3. The predicted molar refractivity (Wildman–Crippen MR) is 65.8 cm³/mol. The third kappa shape index (κ3) is 1.99. The third-order valence-electron chi connectivity index (χ3n) is 2.72. The summed E-state index contributed by atoms with van der Waals surface area (Å²) in [6, 6.07) is 8.37. The van der Waals surface area contributed by atoms with E-state index in [1.807, 2.05) is 17.9 Å². The molecule has 0 saturated carbocycles. The lowest BCUT2D eigenvalue weighted by molar-refractivity contribution is 0.801. The lowest BCUT2D eigenvalue weighted by atomic mass is 10.2. The van der Waals surface area contributed by atoms with Gasteiger partial charge in [-0.05, 0) is 38.6 Å². The smallest absolute Gasteiger partial charge is 0.0651 e. The van der Waals surface area contributed by atoms with Crippen LogP contribution in [0.15, 0.2) is 30.5 Å². The van der Waals surface area contributed by atoms with Gasteiger partial charge in [-0.15, -0.1) is 0 Å². The molecule has 0 aliphatic rings. The molecular weight excluding hydrogens is 198 g/mol. The Hall–Kier alpha value is -1.61. The molecular formula is C13H17N3. The van der Waals surface area contributed by atoms with E-state index < -0.39 is 0 Å².